The highest BCUT2D eigenvalue weighted by Gasteiger charge is 2.04. The maximum atomic E-state index is 12.9. The van der Waals surface area contributed by atoms with Crippen molar-refractivity contribution in [3.05, 3.63) is 66.7 Å². The third-order valence-electron chi connectivity index (χ3n) is 3.42. The van der Waals surface area contributed by atoms with E-state index in [2.05, 4.69) is 14.9 Å². The van der Waals surface area contributed by atoms with E-state index in [4.69, 9.17) is 4.42 Å². The van der Waals surface area contributed by atoms with Crippen molar-refractivity contribution in [3.8, 4) is 11.3 Å². The molecule has 0 radical (unpaired) electrons. The van der Waals surface area contributed by atoms with Crippen LogP contribution in [0.4, 0.5) is 4.39 Å². The molecule has 0 aliphatic rings. The summed E-state index contributed by atoms with van der Waals surface area (Å²) in [5, 5.41) is 3.35. The molecule has 0 saturated heterocycles. The lowest BCUT2D eigenvalue weighted by molar-refractivity contribution is -0.00000572. The molecule has 122 valence electrons. The zero-order valence-electron chi connectivity index (χ0n) is 12.6. The molecule has 1 N–H and O–H groups in total. The van der Waals surface area contributed by atoms with Crippen molar-refractivity contribution in [2.45, 2.75) is 19.5 Å². The number of rotatable bonds is 7. The van der Waals surface area contributed by atoms with Gasteiger partial charge in [0.25, 0.3) is 0 Å². The molecule has 3 rings (SSSR count). The summed E-state index contributed by atoms with van der Waals surface area (Å²) in [6, 6.07) is 10.2. The number of aryl methyl sites for hydroxylation is 1. The van der Waals surface area contributed by atoms with E-state index in [-0.39, 0.29) is 18.2 Å². The molecule has 0 bridgehead atoms. The Kier molecular flexibility index (Phi) is 6.38. The normalized spacial score (nSPS) is 10.5. The van der Waals surface area contributed by atoms with Gasteiger partial charge in [-0.25, -0.2) is 9.37 Å². The van der Waals surface area contributed by atoms with Gasteiger partial charge in [0.05, 0.1) is 12.9 Å². The van der Waals surface area contributed by atoms with Gasteiger partial charge in [-0.1, -0.05) is 0 Å². The largest absolute Gasteiger partial charge is 1.00 e. The number of imidazole rings is 1. The van der Waals surface area contributed by atoms with Gasteiger partial charge >= 0.3 is 0 Å². The summed E-state index contributed by atoms with van der Waals surface area (Å²) < 4.78 is 20.7. The maximum absolute atomic E-state index is 12.9. The first kappa shape index (κ1) is 17.2. The van der Waals surface area contributed by atoms with Crippen LogP contribution in [0.1, 0.15) is 12.2 Å². The summed E-state index contributed by atoms with van der Waals surface area (Å²) in [4.78, 5) is 4.01. The van der Waals surface area contributed by atoms with Crippen LogP contribution < -0.4 is 17.7 Å². The Morgan fingerprint density at radius 1 is 1.13 bits per heavy atom. The van der Waals surface area contributed by atoms with Crippen molar-refractivity contribution >= 4 is 0 Å². The summed E-state index contributed by atoms with van der Waals surface area (Å²) in [6.07, 6.45) is 6.60. The third-order valence-corrected chi connectivity index (χ3v) is 3.42. The van der Waals surface area contributed by atoms with Gasteiger partial charge in [0.2, 0.25) is 0 Å². The van der Waals surface area contributed by atoms with E-state index >= 15 is 0 Å². The molecule has 3 aromatic rings. The van der Waals surface area contributed by atoms with Gasteiger partial charge in [0, 0.05) is 24.5 Å². The highest BCUT2D eigenvalue weighted by atomic mass is 35.5. The van der Waals surface area contributed by atoms with Crippen molar-refractivity contribution in [3.63, 3.8) is 0 Å². The Morgan fingerprint density at radius 2 is 1.96 bits per heavy atom. The van der Waals surface area contributed by atoms with Gasteiger partial charge < -0.3 is 26.7 Å². The number of benzene rings is 1. The van der Waals surface area contributed by atoms with E-state index < -0.39 is 0 Å². The Bertz CT molecular complexity index is 695. The number of nitrogens with one attached hydrogen (secondary N) is 1. The summed E-state index contributed by atoms with van der Waals surface area (Å²) in [7, 11) is 0. The lowest BCUT2D eigenvalue weighted by Gasteiger charge is -2.04. The average Bonchev–Trinajstić information content (AvgIpc) is 3.19. The van der Waals surface area contributed by atoms with Gasteiger partial charge in [-0.05, 0) is 49.4 Å². The zero-order chi connectivity index (χ0) is 15.2. The number of furan rings is 1. The number of hydrogen-bond acceptors (Lipinski definition) is 3. The Labute approximate surface area is 140 Å². The van der Waals surface area contributed by atoms with Crippen LogP contribution in [0.5, 0.6) is 0 Å². The Morgan fingerprint density at radius 3 is 2.70 bits per heavy atom. The maximum Gasteiger partial charge on any atom is 0.134 e. The van der Waals surface area contributed by atoms with Gasteiger partial charge in [0.1, 0.15) is 17.3 Å². The van der Waals surface area contributed by atoms with Gasteiger partial charge in [0.15, 0.2) is 0 Å². The highest BCUT2D eigenvalue weighted by molar-refractivity contribution is 5.57. The Balaban J connectivity index is 0.00000192. The summed E-state index contributed by atoms with van der Waals surface area (Å²) in [5.74, 6) is 1.40. The minimum atomic E-state index is -0.241. The lowest BCUT2D eigenvalue weighted by Crippen LogP contribution is -3.00. The van der Waals surface area contributed by atoms with Crippen LogP contribution in [0, 0.1) is 5.82 Å². The molecule has 1 aromatic carbocycles. The third kappa shape index (κ3) is 4.94. The molecule has 0 atom stereocenters. The Hall–Kier alpha value is -2.11. The first-order valence-electron chi connectivity index (χ1n) is 7.32. The molecule has 2 heterocycles. The van der Waals surface area contributed by atoms with Crippen LogP contribution in [-0.4, -0.2) is 16.1 Å². The highest BCUT2D eigenvalue weighted by Crippen LogP contribution is 2.22. The van der Waals surface area contributed by atoms with Crippen LogP contribution in [0.25, 0.3) is 11.3 Å². The molecule has 4 nitrogen and oxygen atoms in total. The van der Waals surface area contributed by atoms with Crippen molar-refractivity contribution in [1.82, 2.24) is 14.9 Å². The minimum absolute atomic E-state index is 0. The van der Waals surface area contributed by atoms with E-state index in [1.165, 1.54) is 12.1 Å². The van der Waals surface area contributed by atoms with Crippen LogP contribution in [0.15, 0.2) is 59.5 Å². The molecule has 6 heteroatoms. The SMILES string of the molecule is Fc1ccc(-c2ccc(CNCCCn3ccnc3)o2)cc1.[Cl-]. The van der Waals surface area contributed by atoms with Crippen molar-refractivity contribution in [2.24, 2.45) is 0 Å². The second-order valence-electron chi connectivity index (χ2n) is 5.10. The standard InChI is InChI=1S/C17H18FN3O.ClH/c18-15-4-2-14(3-5-15)17-7-6-16(22-17)12-19-8-1-10-21-11-9-20-13-21;/h2-7,9,11,13,19H,1,8,10,12H2;1H/p-1. The minimum Gasteiger partial charge on any atom is -1.00 e. The van der Waals surface area contributed by atoms with E-state index in [9.17, 15) is 4.39 Å². The number of hydrogen-bond donors (Lipinski definition) is 1. The summed E-state index contributed by atoms with van der Waals surface area (Å²) in [6.45, 7) is 2.54. The molecule has 0 amide bonds. The molecule has 0 saturated carbocycles. The monoisotopic (exact) mass is 334 g/mol. The fourth-order valence-corrected chi connectivity index (χ4v) is 2.26. The number of nitrogens with zero attached hydrogens (tertiary/aromatic N) is 2. The molecule has 0 aliphatic carbocycles. The molecule has 0 fully saturated rings. The summed E-state index contributed by atoms with van der Waals surface area (Å²) in [5.41, 5.74) is 0.882. The predicted molar refractivity (Wildman–Crippen MR) is 82.7 cm³/mol. The van der Waals surface area contributed by atoms with Gasteiger partial charge in [-0.15, -0.1) is 0 Å². The second kappa shape index (κ2) is 8.50. The fourth-order valence-electron chi connectivity index (χ4n) is 2.26. The van der Waals surface area contributed by atoms with E-state index in [1.807, 2.05) is 24.7 Å². The van der Waals surface area contributed by atoms with E-state index in [0.29, 0.717) is 6.54 Å². The molecule has 23 heavy (non-hydrogen) atoms. The number of halogens is 2. The lowest BCUT2D eigenvalue weighted by atomic mass is 10.2. The average molecular weight is 335 g/mol. The van der Waals surface area contributed by atoms with Crippen molar-refractivity contribution in [2.75, 3.05) is 6.54 Å². The van der Waals surface area contributed by atoms with Gasteiger partial charge in [-0.3, -0.25) is 0 Å². The van der Waals surface area contributed by atoms with Crippen LogP contribution in [-0.2, 0) is 13.1 Å². The number of aromatic nitrogens is 2. The van der Waals surface area contributed by atoms with Crippen LogP contribution in [0.2, 0.25) is 0 Å². The summed E-state index contributed by atoms with van der Waals surface area (Å²) >= 11 is 0. The van der Waals surface area contributed by atoms with E-state index in [0.717, 1.165) is 36.6 Å². The van der Waals surface area contributed by atoms with Crippen LogP contribution in [0.3, 0.4) is 0 Å². The molecule has 2 aromatic heterocycles. The molecule has 0 aliphatic heterocycles. The molecular formula is C17H18ClFN3O-. The fraction of sp³-hybridized carbons (Fsp3) is 0.235. The van der Waals surface area contributed by atoms with Crippen LogP contribution >= 0.6 is 0 Å². The molecule has 0 spiro atoms. The molecular weight excluding hydrogens is 317 g/mol. The smallest absolute Gasteiger partial charge is 0.134 e. The first-order valence-corrected chi connectivity index (χ1v) is 7.32. The topological polar surface area (TPSA) is 43.0 Å². The first-order chi connectivity index (χ1) is 10.8. The van der Waals surface area contributed by atoms with Crippen molar-refractivity contribution in [1.29, 1.82) is 0 Å². The predicted octanol–water partition coefficient (Wildman–Crippen LogP) is 0.466. The zero-order valence-corrected chi connectivity index (χ0v) is 13.3. The second-order valence-corrected chi connectivity index (χ2v) is 5.10. The molecule has 0 unspecified atom stereocenters. The van der Waals surface area contributed by atoms with E-state index in [1.54, 1.807) is 18.3 Å². The van der Waals surface area contributed by atoms with Gasteiger partial charge in [-0.2, -0.15) is 0 Å². The van der Waals surface area contributed by atoms with Crippen molar-refractivity contribution < 1.29 is 21.2 Å². The quantitative estimate of drug-likeness (QED) is 0.639.